The smallest absolute Gasteiger partial charge is 0.190 e. The van der Waals surface area contributed by atoms with Crippen LogP contribution in [0.25, 0.3) is 0 Å². The molecule has 0 saturated carbocycles. The topological polar surface area (TPSA) is 17.1 Å². The molecule has 3 rings (SSSR count). The zero-order valence-corrected chi connectivity index (χ0v) is 9.72. The molecule has 1 aromatic rings. The molecule has 1 aliphatic heterocycles. The van der Waals surface area contributed by atoms with Crippen molar-refractivity contribution in [1.29, 1.82) is 0 Å². The molecule has 0 radical (unpaired) electrons. The van der Waals surface area contributed by atoms with Gasteiger partial charge < -0.3 is 0 Å². The number of ketones is 1. The van der Waals surface area contributed by atoms with Crippen LogP contribution in [0.2, 0.25) is 0 Å². The summed E-state index contributed by atoms with van der Waals surface area (Å²) in [6.07, 6.45) is 4.97. The highest BCUT2D eigenvalue weighted by atomic mass is 32.2. The van der Waals surface area contributed by atoms with Crippen molar-refractivity contribution < 1.29 is 4.79 Å². The lowest BCUT2D eigenvalue weighted by atomic mass is 9.86. The molecular formula is C14H12OS. The van der Waals surface area contributed by atoms with E-state index in [-0.39, 0.29) is 5.78 Å². The average molecular weight is 228 g/mol. The van der Waals surface area contributed by atoms with E-state index in [1.54, 1.807) is 11.8 Å². The third-order valence-electron chi connectivity index (χ3n) is 3.13. The van der Waals surface area contributed by atoms with Crippen LogP contribution in [-0.4, -0.2) is 5.78 Å². The predicted molar refractivity (Wildman–Crippen MR) is 67.5 cm³/mol. The van der Waals surface area contributed by atoms with E-state index in [0.29, 0.717) is 0 Å². The van der Waals surface area contributed by atoms with Gasteiger partial charge in [0.05, 0.1) is 0 Å². The van der Waals surface area contributed by atoms with Gasteiger partial charge in [0.2, 0.25) is 0 Å². The van der Waals surface area contributed by atoms with E-state index >= 15 is 0 Å². The van der Waals surface area contributed by atoms with Gasteiger partial charge in [0.1, 0.15) is 0 Å². The first-order valence-corrected chi connectivity index (χ1v) is 6.40. The third-order valence-corrected chi connectivity index (χ3v) is 4.15. The zero-order valence-electron chi connectivity index (χ0n) is 8.90. The van der Waals surface area contributed by atoms with Gasteiger partial charge in [-0.3, -0.25) is 4.79 Å². The molecule has 80 valence electrons. The number of benzene rings is 1. The standard InChI is InChI=1S/C14H12OS/c15-14-11-5-2-1-4-10(11)7-8-12(14)13-6-3-9-16-13/h1-5,9H,6-8H2. The van der Waals surface area contributed by atoms with E-state index in [2.05, 4.69) is 17.6 Å². The van der Waals surface area contributed by atoms with Crippen LogP contribution in [0.3, 0.4) is 0 Å². The first-order chi connectivity index (χ1) is 7.86. The molecule has 0 unspecified atom stereocenters. The third kappa shape index (κ3) is 1.54. The van der Waals surface area contributed by atoms with Gasteiger partial charge in [-0.05, 0) is 30.2 Å². The number of hydrogen-bond donors (Lipinski definition) is 0. The minimum Gasteiger partial charge on any atom is -0.289 e. The fourth-order valence-electron chi connectivity index (χ4n) is 2.29. The van der Waals surface area contributed by atoms with Crippen LogP contribution in [-0.2, 0) is 6.42 Å². The second-order valence-corrected chi connectivity index (χ2v) is 5.08. The maximum atomic E-state index is 12.3. The molecule has 0 fully saturated rings. The molecule has 1 aromatic carbocycles. The van der Waals surface area contributed by atoms with Crippen molar-refractivity contribution in [3.05, 3.63) is 57.4 Å². The molecule has 1 heterocycles. The van der Waals surface area contributed by atoms with Crippen LogP contribution in [0.4, 0.5) is 0 Å². The summed E-state index contributed by atoms with van der Waals surface area (Å²) in [5.74, 6) is 0.244. The van der Waals surface area contributed by atoms with E-state index in [4.69, 9.17) is 0 Å². The summed E-state index contributed by atoms with van der Waals surface area (Å²) < 4.78 is 0. The van der Waals surface area contributed by atoms with Gasteiger partial charge in [0.15, 0.2) is 5.78 Å². The summed E-state index contributed by atoms with van der Waals surface area (Å²) in [5.41, 5.74) is 3.14. The number of thioether (sulfide) groups is 1. The Balaban J connectivity index is 2.04. The Labute approximate surface area is 99.2 Å². The summed E-state index contributed by atoms with van der Waals surface area (Å²) in [6, 6.07) is 7.97. The molecule has 2 aliphatic rings. The molecule has 0 spiro atoms. The first kappa shape index (κ1) is 9.91. The number of hydrogen-bond acceptors (Lipinski definition) is 2. The Kier molecular flexibility index (Phi) is 2.44. The predicted octanol–water partition coefficient (Wildman–Crippen LogP) is 3.72. The van der Waals surface area contributed by atoms with E-state index < -0.39 is 0 Å². The quantitative estimate of drug-likeness (QED) is 0.629. The Morgan fingerprint density at radius 3 is 2.81 bits per heavy atom. The van der Waals surface area contributed by atoms with E-state index in [0.717, 1.165) is 30.4 Å². The monoisotopic (exact) mass is 228 g/mol. The van der Waals surface area contributed by atoms with Gasteiger partial charge in [-0.1, -0.05) is 30.3 Å². The second-order valence-electron chi connectivity index (χ2n) is 4.08. The molecule has 1 nitrogen and oxygen atoms in total. The molecule has 16 heavy (non-hydrogen) atoms. The second kappa shape index (κ2) is 3.95. The van der Waals surface area contributed by atoms with Crippen LogP contribution < -0.4 is 0 Å². The summed E-state index contributed by atoms with van der Waals surface area (Å²) >= 11 is 1.71. The van der Waals surface area contributed by atoms with Crippen LogP contribution in [0, 0.1) is 0 Å². The molecule has 0 atom stereocenters. The first-order valence-electron chi connectivity index (χ1n) is 5.52. The van der Waals surface area contributed by atoms with Crippen molar-refractivity contribution >= 4 is 17.5 Å². The molecule has 2 heteroatoms. The highest BCUT2D eigenvalue weighted by Gasteiger charge is 2.24. The van der Waals surface area contributed by atoms with Gasteiger partial charge >= 0.3 is 0 Å². The van der Waals surface area contributed by atoms with Crippen molar-refractivity contribution in [3.8, 4) is 0 Å². The minimum atomic E-state index is 0.244. The molecule has 0 saturated heterocycles. The van der Waals surface area contributed by atoms with Crippen molar-refractivity contribution in [2.45, 2.75) is 19.3 Å². The highest BCUT2D eigenvalue weighted by Crippen LogP contribution is 2.36. The SMILES string of the molecule is O=C1C(=C2CC=CS2)CCc2ccccc21. The van der Waals surface area contributed by atoms with E-state index in [1.807, 2.05) is 18.2 Å². The number of carbonyl (C=O) groups excluding carboxylic acids is 1. The fourth-order valence-corrected chi connectivity index (χ4v) is 3.18. The Morgan fingerprint density at radius 1 is 1.12 bits per heavy atom. The lowest BCUT2D eigenvalue weighted by molar-refractivity contribution is 0.102. The van der Waals surface area contributed by atoms with E-state index in [9.17, 15) is 4.79 Å². The van der Waals surface area contributed by atoms with Gasteiger partial charge in [-0.25, -0.2) is 0 Å². The lowest BCUT2D eigenvalue weighted by Gasteiger charge is -2.18. The van der Waals surface area contributed by atoms with Crippen molar-refractivity contribution in [1.82, 2.24) is 0 Å². The molecule has 1 aliphatic carbocycles. The fraction of sp³-hybridized carbons (Fsp3) is 0.214. The summed E-state index contributed by atoms with van der Waals surface area (Å²) in [5, 5.41) is 2.08. The molecule has 0 aromatic heterocycles. The maximum Gasteiger partial charge on any atom is 0.190 e. The highest BCUT2D eigenvalue weighted by molar-refractivity contribution is 8.06. The lowest BCUT2D eigenvalue weighted by Crippen LogP contribution is -2.15. The van der Waals surface area contributed by atoms with Crippen molar-refractivity contribution in [2.75, 3.05) is 0 Å². The molecule has 0 bridgehead atoms. The van der Waals surface area contributed by atoms with Crippen molar-refractivity contribution in [2.24, 2.45) is 0 Å². The molecular weight excluding hydrogens is 216 g/mol. The number of allylic oxidation sites excluding steroid dienone is 3. The normalized spacial score (nSPS) is 23.6. The summed E-state index contributed by atoms with van der Waals surface area (Å²) in [7, 11) is 0. The summed E-state index contributed by atoms with van der Waals surface area (Å²) in [4.78, 5) is 13.6. The summed E-state index contributed by atoms with van der Waals surface area (Å²) in [6.45, 7) is 0. The maximum absolute atomic E-state index is 12.3. The largest absolute Gasteiger partial charge is 0.289 e. The number of Topliss-reactive ketones (excluding diaryl/α,β-unsaturated/α-hetero) is 1. The van der Waals surface area contributed by atoms with Gasteiger partial charge in [-0.2, -0.15) is 0 Å². The Bertz CT molecular complexity index is 501. The number of rotatable bonds is 0. The van der Waals surface area contributed by atoms with Gasteiger partial charge in [0, 0.05) is 16.0 Å². The van der Waals surface area contributed by atoms with Gasteiger partial charge in [-0.15, -0.1) is 11.8 Å². The number of carbonyl (C=O) groups is 1. The number of aryl methyl sites for hydroxylation is 1. The zero-order chi connectivity index (χ0) is 11.0. The van der Waals surface area contributed by atoms with Crippen LogP contribution in [0.15, 0.2) is 46.2 Å². The van der Waals surface area contributed by atoms with Gasteiger partial charge in [0.25, 0.3) is 0 Å². The Hall–Kier alpha value is -1.28. The Morgan fingerprint density at radius 2 is 2.00 bits per heavy atom. The number of fused-ring (bicyclic) bond motifs is 1. The van der Waals surface area contributed by atoms with Crippen LogP contribution >= 0.6 is 11.8 Å². The van der Waals surface area contributed by atoms with Crippen LogP contribution in [0.1, 0.15) is 28.8 Å². The average Bonchev–Trinajstić information content (AvgIpc) is 2.83. The van der Waals surface area contributed by atoms with E-state index in [1.165, 1.54) is 10.5 Å². The van der Waals surface area contributed by atoms with Crippen molar-refractivity contribution in [3.63, 3.8) is 0 Å². The molecule has 0 N–H and O–H groups in total. The molecule has 0 amide bonds. The van der Waals surface area contributed by atoms with Crippen LogP contribution in [0.5, 0.6) is 0 Å². The minimum absolute atomic E-state index is 0.244.